The highest BCUT2D eigenvalue weighted by Gasteiger charge is 2.37. The number of hydrogen-bond donors (Lipinski definition) is 0. The summed E-state index contributed by atoms with van der Waals surface area (Å²) in [5.74, 6) is -1.06. The second kappa shape index (κ2) is 8.62. The molecule has 0 saturated heterocycles. The highest BCUT2D eigenvalue weighted by Crippen LogP contribution is 2.36. The standard InChI is InChI=1S/C27H25FN2O3/c1-4-14-29(19-8-6-5-7-9-19)25(32)24-21-15-27(2,3)16-23(31)22(21)17-30(26(24)33)20-12-10-18(28)11-13-20/h4-13,17H,1,14-16H2,2-3H3. The summed E-state index contributed by atoms with van der Waals surface area (Å²) in [6.07, 6.45) is 3.81. The van der Waals surface area contributed by atoms with Crippen LogP contribution >= 0.6 is 0 Å². The van der Waals surface area contributed by atoms with Crippen molar-refractivity contribution in [3.05, 3.63) is 106 Å². The van der Waals surface area contributed by atoms with E-state index < -0.39 is 17.3 Å². The third-order valence-electron chi connectivity index (χ3n) is 5.86. The van der Waals surface area contributed by atoms with Crippen molar-refractivity contribution in [3.63, 3.8) is 0 Å². The molecule has 0 aliphatic heterocycles. The molecular weight excluding hydrogens is 419 g/mol. The molecule has 6 heteroatoms. The summed E-state index contributed by atoms with van der Waals surface area (Å²) in [7, 11) is 0. The Balaban J connectivity index is 1.98. The highest BCUT2D eigenvalue weighted by molar-refractivity contribution is 6.10. The van der Waals surface area contributed by atoms with Crippen LogP contribution in [-0.2, 0) is 6.42 Å². The van der Waals surface area contributed by atoms with E-state index in [1.54, 1.807) is 18.2 Å². The van der Waals surface area contributed by atoms with Crippen molar-refractivity contribution in [2.75, 3.05) is 11.4 Å². The van der Waals surface area contributed by atoms with Crippen LogP contribution in [0.4, 0.5) is 10.1 Å². The van der Waals surface area contributed by atoms with Gasteiger partial charge in [-0.1, -0.05) is 38.1 Å². The fourth-order valence-corrected chi connectivity index (χ4v) is 4.34. The second-order valence-corrected chi connectivity index (χ2v) is 9.03. The van der Waals surface area contributed by atoms with Crippen LogP contribution < -0.4 is 10.5 Å². The summed E-state index contributed by atoms with van der Waals surface area (Å²) in [5.41, 5.74) is 0.858. The maximum absolute atomic E-state index is 13.9. The molecule has 0 spiro atoms. The maximum Gasteiger partial charge on any atom is 0.268 e. The number of aromatic nitrogens is 1. The van der Waals surface area contributed by atoms with Gasteiger partial charge >= 0.3 is 0 Å². The minimum atomic E-state index is -0.541. The quantitative estimate of drug-likeness (QED) is 0.523. The molecule has 0 fully saturated rings. The van der Waals surface area contributed by atoms with Gasteiger partial charge in [0.25, 0.3) is 11.5 Å². The van der Waals surface area contributed by atoms with Gasteiger partial charge in [0.15, 0.2) is 5.78 Å². The molecule has 1 aliphatic carbocycles. The van der Waals surface area contributed by atoms with Gasteiger partial charge in [0, 0.05) is 36.1 Å². The van der Waals surface area contributed by atoms with E-state index in [0.29, 0.717) is 35.3 Å². The SMILES string of the molecule is C=CCN(C(=O)c1c2c(cn(-c3ccc(F)cc3)c1=O)C(=O)CC(C)(C)C2)c1ccccc1. The zero-order valence-electron chi connectivity index (χ0n) is 18.7. The van der Waals surface area contributed by atoms with Gasteiger partial charge in [-0.15, -0.1) is 6.58 Å². The van der Waals surface area contributed by atoms with Gasteiger partial charge in [-0.3, -0.25) is 19.0 Å². The molecule has 1 aromatic heterocycles. The van der Waals surface area contributed by atoms with Crippen LogP contribution in [0.15, 0.2) is 78.2 Å². The summed E-state index contributed by atoms with van der Waals surface area (Å²) in [5, 5.41) is 0. The Kier molecular flexibility index (Phi) is 5.85. The summed E-state index contributed by atoms with van der Waals surface area (Å²) in [6.45, 7) is 7.85. The van der Waals surface area contributed by atoms with Crippen molar-refractivity contribution < 1.29 is 14.0 Å². The first-order valence-corrected chi connectivity index (χ1v) is 10.8. The molecule has 168 valence electrons. The molecule has 1 heterocycles. The monoisotopic (exact) mass is 444 g/mol. The van der Waals surface area contributed by atoms with Gasteiger partial charge in [0.1, 0.15) is 11.4 Å². The summed E-state index contributed by atoms with van der Waals surface area (Å²) < 4.78 is 14.8. The Bertz CT molecular complexity index is 1290. The number of ketones is 1. The van der Waals surface area contributed by atoms with E-state index in [0.717, 1.165) is 0 Å². The molecule has 4 rings (SSSR count). The van der Waals surface area contributed by atoms with Crippen LogP contribution in [0.1, 0.15) is 46.5 Å². The van der Waals surface area contributed by atoms with Crippen LogP contribution in [0, 0.1) is 11.2 Å². The number of rotatable bonds is 5. The number of amides is 1. The van der Waals surface area contributed by atoms with Crippen LogP contribution in [0.25, 0.3) is 5.69 Å². The lowest BCUT2D eigenvalue weighted by atomic mass is 9.73. The molecule has 3 aromatic rings. The maximum atomic E-state index is 13.9. The summed E-state index contributed by atoms with van der Waals surface area (Å²) in [6, 6.07) is 14.4. The first kappa shape index (κ1) is 22.4. The molecule has 0 unspecified atom stereocenters. The van der Waals surface area contributed by atoms with Gasteiger partial charge in [-0.25, -0.2) is 4.39 Å². The van der Waals surface area contributed by atoms with Gasteiger partial charge in [0.05, 0.1) is 0 Å². The predicted molar refractivity (Wildman–Crippen MR) is 127 cm³/mol. The average molecular weight is 445 g/mol. The molecular formula is C27H25FN2O3. The van der Waals surface area contributed by atoms with E-state index in [1.165, 1.54) is 39.9 Å². The lowest BCUT2D eigenvalue weighted by molar-refractivity contribution is 0.0910. The van der Waals surface area contributed by atoms with E-state index in [4.69, 9.17) is 0 Å². The number of hydrogen-bond acceptors (Lipinski definition) is 3. The number of fused-ring (bicyclic) bond motifs is 1. The topological polar surface area (TPSA) is 59.4 Å². The molecule has 0 saturated carbocycles. The Morgan fingerprint density at radius 2 is 1.76 bits per heavy atom. The van der Waals surface area contributed by atoms with Gasteiger partial charge in [-0.2, -0.15) is 0 Å². The highest BCUT2D eigenvalue weighted by atomic mass is 19.1. The second-order valence-electron chi connectivity index (χ2n) is 9.03. The third kappa shape index (κ3) is 4.29. The van der Waals surface area contributed by atoms with Gasteiger partial charge in [0.2, 0.25) is 0 Å². The molecule has 33 heavy (non-hydrogen) atoms. The fraction of sp³-hybridized carbons (Fsp3) is 0.222. The van der Waals surface area contributed by atoms with Gasteiger partial charge in [-0.05, 0) is 53.8 Å². The Morgan fingerprint density at radius 3 is 2.39 bits per heavy atom. The van der Waals surface area contributed by atoms with Crippen LogP contribution in [0.5, 0.6) is 0 Å². The van der Waals surface area contributed by atoms with E-state index in [1.807, 2.05) is 32.0 Å². The largest absolute Gasteiger partial charge is 0.304 e. The van der Waals surface area contributed by atoms with Crippen molar-refractivity contribution in [1.82, 2.24) is 4.57 Å². The van der Waals surface area contributed by atoms with Crippen molar-refractivity contribution in [2.24, 2.45) is 5.41 Å². The van der Waals surface area contributed by atoms with E-state index in [9.17, 15) is 18.8 Å². The van der Waals surface area contributed by atoms with Crippen LogP contribution in [0.2, 0.25) is 0 Å². The van der Waals surface area contributed by atoms with Crippen molar-refractivity contribution in [2.45, 2.75) is 26.7 Å². The van der Waals surface area contributed by atoms with Crippen LogP contribution in [-0.4, -0.2) is 22.8 Å². The third-order valence-corrected chi connectivity index (χ3v) is 5.86. The number of anilines is 1. The first-order valence-electron chi connectivity index (χ1n) is 10.8. The smallest absolute Gasteiger partial charge is 0.268 e. The minimum Gasteiger partial charge on any atom is -0.304 e. The average Bonchev–Trinajstić information content (AvgIpc) is 2.77. The number of carbonyl (C=O) groups excluding carboxylic acids is 2. The minimum absolute atomic E-state index is 0.0383. The van der Waals surface area contributed by atoms with Crippen molar-refractivity contribution in [1.29, 1.82) is 0 Å². The fourth-order valence-electron chi connectivity index (χ4n) is 4.34. The molecule has 1 amide bonds. The normalized spacial score (nSPS) is 14.5. The summed E-state index contributed by atoms with van der Waals surface area (Å²) in [4.78, 5) is 42.1. The molecule has 0 atom stereocenters. The molecule has 1 aliphatic rings. The Morgan fingerprint density at radius 1 is 1.09 bits per heavy atom. The van der Waals surface area contributed by atoms with Gasteiger partial charge < -0.3 is 4.90 Å². The number of pyridine rings is 1. The van der Waals surface area contributed by atoms with Crippen molar-refractivity contribution >= 4 is 17.4 Å². The molecule has 5 nitrogen and oxygen atoms in total. The predicted octanol–water partition coefficient (Wildman–Crippen LogP) is 4.96. The number of nitrogens with zero attached hydrogens (tertiary/aromatic N) is 2. The molecule has 0 radical (unpaired) electrons. The van der Waals surface area contributed by atoms with E-state index >= 15 is 0 Å². The Labute approximate surface area is 191 Å². The Hall–Kier alpha value is -3.80. The first-order chi connectivity index (χ1) is 15.7. The number of halogens is 1. The number of benzene rings is 2. The molecule has 0 bridgehead atoms. The zero-order valence-corrected chi connectivity index (χ0v) is 18.7. The summed E-state index contributed by atoms with van der Waals surface area (Å²) >= 11 is 0. The lowest BCUT2D eigenvalue weighted by Crippen LogP contribution is -2.41. The van der Waals surface area contributed by atoms with Crippen molar-refractivity contribution in [3.8, 4) is 5.69 Å². The number of Topliss-reactive ketones (excluding diaryl/α,β-unsaturated/α-hetero) is 1. The molecule has 2 aromatic carbocycles. The lowest BCUT2D eigenvalue weighted by Gasteiger charge is -2.32. The van der Waals surface area contributed by atoms with E-state index in [2.05, 4.69) is 6.58 Å². The van der Waals surface area contributed by atoms with Crippen LogP contribution in [0.3, 0.4) is 0 Å². The molecule has 0 N–H and O–H groups in total. The number of carbonyl (C=O) groups is 2. The number of para-hydroxylation sites is 1. The van der Waals surface area contributed by atoms with E-state index in [-0.39, 0.29) is 23.3 Å². The zero-order chi connectivity index (χ0) is 23.8.